The average Bonchev–Trinajstić information content (AvgIpc) is 2.84. The van der Waals surface area contributed by atoms with Gasteiger partial charge in [0.15, 0.2) is 0 Å². The molecule has 2 N–H and O–H groups in total. The number of aromatic nitrogens is 1. The van der Waals surface area contributed by atoms with Crippen molar-refractivity contribution in [3.05, 3.63) is 29.4 Å². The number of amides is 2. The highest BCUT2D eigenvalue weighted by molar-refractivity contribution is 6.11. The smallest absolute Gasteiger partial charge is 0.292 e. The van der Waals surface area contributed by atoms with Crippen molar-refractivity contribution in [2.45, 2.75) is 33.1 Å². The van der Waals surface area contributed by atoms with Gasteiger partial charge in [0.2, 0.25) is 11.8 Å². The Labute approximate surface area is 127 Å². The zero-order chi connectivity index (χ0) is 16.4. The number of hydrogen-bond acceptors (Lipinski definition) is 5. The Hall–Kier alpha value is -2.70. The summed E-state index contributed by atoms with van der Waals surface area (Å²) >= 11 is 0. The maximum Gasteiger partial charge on any atom is 0.292 e. The summed E-state index contributed by atoms with van der Waals surface area (Å²) in [6.07, 6.45) is 4.41. The Kier molecular flexibility index (Phi) is 4.25. The maximum absolute atomic E-state index is 11.8. The molecule has 0 aromatic carbocycles. The lowest BCUT2D eigenvalue weighted by molar-refractivity contribution is -0.189. The van der Waals surface area contributed by atoms with Crippen LogP contribution in [0.25, 0.3) is 6.08 Å². The minimum absolute atomic E-state index is 0.0959. The largest absolute Gasteiger partial charge is 0.492 e. The van der Waals surface area contributed by atoms with E-state index in [2.05, 4.69) is 6.58 Å². The van der Waals surface area contributed by atoms with Crippen molar-refractivity contribution in [2.75, 3.05) is 0 Å². The molecule has 0 atom stereocenters. The molecule has 1 aromatic rings. The summed E-state index contributed by atoms with van der Waals surface area (Å²) in [5, 5.41) is 20.9. The standard InChI is InChI=1S/C15H18N2O5/c1-4-6-10-11(7-5-2)15(21)17(14(10)20)22-16-12(18)8-9(3)13(16)19/h4,6,20-21H,3,5,7-8H2,1-2H3. The van der Waals surface area contributed by atoms with Crippen molar-refractivity contribution in [1.82, 2.24) is 9.79 Å². The topological polar surface area (TPSA) is 92.0 Å². The molecule has 2 amide bonds. The first-order chi connectivity index (χ1) is 10.4. The first-order valence-corrected chi connectivity index (χ1v) is 6.94. The third-order valence-electron chi connectivity index (χ3n) is 3.30. The van der Waals surface area contributed by atoms with E-state index in [0.717, 1.165) is 6.42 Å². The lowest BCUT2D eigenvalue weighted by Crippen LogP contribution is -2.37. The summed E-state index contributed by atoms with van der Waals surface area (Å²) in [7, 11) is 0. The summed E-state index contributed by atoms with van der Waals surface area (Å²) in [5.41, 5.74) is 0.967. The van der Waals surface area contributed by atoms with E-state index >= 15 is 0 Å². The second kappa shape index (κ2) is 5.97. The average molecular weight is 306 g/mol. The first kappa shape index (κ1) is 15.7. The van der Waals surface area contributed by atoms with Gasteiger partial charge < -0.3 is 10.2 Å². The van der Waals surface area contributed by atoms with Crippen molar-refractivity contribution < 1.29 is 24.7 Å². The molecule has 1 aliphatic rings. The predicted octanol–water partition coefficient (Wildman–Crippen LogP) is 1.54. The van der Waals surface area contributed by atoms with Crippen LogP contribution in [0.5, 0.6) is 11.8 Å². The minimum Gasteiger partial charge on any atom is -0.492 e. The van der Waals surface area contributed by atoms with Crippen LogP contribution in [0.1, 0.15) is 37.8 Å². The Bertz CT molecular complexity index is 672. The Balaban J connectivity index is 2.43. The number of rotatable bonds is 5. The highest BCUT2D eigenvalue weighted by atomic mass is 16.8. The van der Waals surface area contributed by atoms with Crippen molar-refractivity contribution in [2.24, 2.45) is 0 Å². The molecule has 0 radical (unpaired) electrons. The highest BCUT2D eigenvalue weighted by Crippen LogP contribution is 2.35. The quantitative estimate of drug-likeness (QED) is 0.636. The monoisotopic (exact) mass is 306 g/mol. The van der Waals surface area contributed by atoms with Crippen LogP contribution in [0.2, 0.25) is 0 Å². The van der Waals surface area contributed by atoms with Gasteiger partial charge in [0, 0.05) is 16.7 Å². The van der Waals surface area contributed by atoms with E-state index in [0.29, 0.717) is 27.3 Å². The van der Waals surface area contributed by atoms with Crippen LogP contribution < -0.4 is 4.94 Å². The van der Waals surface area contributed by atoms with Gasteiger partial charge in [-0.15, -0.1) is 0 Å². The fourth-order valence-corrected chi connectivity index (χ4v) is 2.25. The Morgan fingerprint density at radius 1 is 1.32 bits per heavy atom. The van der Waals surface area contributed by atoms with Crippen molar-refractivity contribution in [3.63, 3.8) is 0 Å². The van der Waals surface area contributed by atoms with Crippen LogP contribution in [0.3, 0.4) is 0 Å². The molecule has 118 valence electrons. The number of imide groups is 1. The molecule has 0 unspecified atom stereocenters. The van der Waals surface area contributed by atoms with Gasteiger partial charge >= 0.3 is 0 Å². The van der Waals surface area contributed by atoms with Crippen LogP contribution in [0, 0.1) is 0 Å². The molecule has 1 aliphatic heterocycles. The van der Waals surface area contributed by atoms with E-state index in [1.807, 2.05) is 6.92 Å². The highest BCUT2D eigenvalue weighted by Gasteiger charge is 2.37. The Morgan fingerprint density at radius 3 is 2.50 bits per heavy atom. The van der Waals surface area contributed by atoms with E-state index < -0.39 is 11.8 Å². The molecule has 1 saturated heterocycles. The first-order valence-electron chi connectivity index (χ1n) is 6.94. The number of hydroxylamine groups is 2. The molecule has 0 bridgehead atoms. The summed E-state index contributed by atoms with van der Waals surface area (Å²) in [6.45, 7) is 7.15. The van der Waals surface area contributed by atoms with Crippen LogP contribution in [-0.2, 0) is 16.0 Å². The zero-order valence-electron chi connectivity index (χ0n) is 12.5. The van der Waals surface area contributed by atoms with Gasteiger partial charge in [-0.2, -0.15) is 0 Å². The van der Waals surface area contributed by atoms with E-state index in [4.69, 9.17) is 4.94 Å². The number of hydrogen-bond donors (Lipinski definition) is 2. The number of nitrogens with zero attached hydrogens (tertiary/aromatic N) is 2. The number of allylic oxidation sites excluding steroid dienone is 1. The van der Waals surface area contributed by atoms with Crippen molar-refractivity contribution >= 4 is 17.9 Å². The van der Waals surface area contributed by atoms with Crippen LogP contribution >= 0.6 is 0 Å². The third-order valence-corrected chi connectivity index (χ3v) is 3.30. The molecule has 7 nitrogen and oxygen atoms in total. The fraction of sp³-hybridized carbons (Fsp3) is 0.333. The molecule has 2 heterocycles. The molecule has 0 aliphatic carbocycles. The van der Waals surface area contributed by atoms with E-state index in [9.17, 15) is 19.8 Å². The van der Waals surface area contributed by atoms with E-state index in [-0.39, 0.29) is 23.8 Å². The van der Waals surface area contributed by atoms with Crippen molar-refractivity contribution in [3.8, 4) is 11.8 Å². The lowest BCUT2D eigenvalue weighted by Gasteiger charge is -2.14. The molecule has 22 heavy (non-hydrogen) atoms. The molecule has 1 aromatic heterocycles. The predicted molar refractivity (Wildman–Crippen MR) is 78.7 cm³/mol. The zero-order valence-corrected chi connectivity index (χ0v) is 12.5. The van der Waals surface area contributed by atoms with Crippen LogP contribution in [0.15, 0.2) is 18.2 Å². The number of carbonyl (C=O) groups excluding carboxylic acids is 2. The molecule has 1 fully saturated rings. The summed E-state index contributed by atoms with van der Waals surface area (Å²) in [4.78, 5) is 28.6. The van der Waals surface area contributed by atoms with Gasteiger partial charge in [-0.3, -0.25) is 14.5 Å². The second-order valence-electron chi connectivity index (χ2n) is 4.94. The van der Waals surface area contributed by atoms with Crippen molar-refractivity contribution in [1.29, 1.82) is 0 Å². The number of carbonyl (C=O) groups is 2. The third kappa shape index (κ3) is 2.45. The summed E-state index contributed by atoms with van der Waals surface area (Å²) in [5.74, 6) is -2.02. The molecular weight excluding hydrogens is 288 g/mol. The van der Waals surface area contributed by atoms with Gasteiger partial charge in [-0.05, 0) is 13.3 Å². The van der Waals surface area contributed by atoms with E-state index in [1.54, 1.807) is 19.1 Å². The molecule has 7 heteroatoms. The molecule has 2 rings (SSSR count). The SMILES string of the molecule is C=C1CC(=O)N(On2c(O)c(C=CC)c(CCC)c2O)C1=O. The van der Waals surface area contributed by atoms with Crippen LogP contribution in [0.4, 0.5) is 0 Å². The normalized spacial score (nSPS) is 15.4. The van der Waals surface area contributed by atoms with Gasteiger partial charge in [0.25, 0.3) is 11.8 Å². The van der Waals surface area contributed by atoms with Gasteiger partial charge in [-0.25, -0.2) is 0 Å². The van der Waals surface area contributed by atoms with E-state index in [1.165, 1.54) is 0 Å². The van der Waals surface area contributed by atoms with Crippen LogP contribution in [-0.4, -0.2) is 31.8 Å². The second-order valence-corrected chi connectivity index (χ2v) is 4.94. The fourth-order valence-electron chi connectivity index (χ4n) is 2.25. The molecular formula is C15H18N2O5. The Morgan fingerprint density at radius 2 is 2.00 bits per heavy atom. The lowest BCUT2D eigenvalue weighted by atomic mass is 10.1. The van der Waals surface area contributed by atoms with Gasteiger partial charge in [0.05, 0.1) is 6.42 Å². The summed E-state index contributed by atoms with van der Waals surface area (Å²) in [6, 6.07) is 0. The number of aromatic hydroxyl groups is 2. The summed E-state index contributed by atoms with van der Waals surface area (Å²) < 4.78 is 0.675. The molecule has 0 spiro atoms. The maximum atomic E-state index is 11.8. The van der Waals surface area contributed by atoms with Gasteiger partial charge in [-0.1, -0.05) is 41.9 Å². The minimum atomic E-state index is -0.692. The molecule has 0 saturated carbocycles. The van der Waals surface area contributed by atoms with Gasteiger partial charge in [0.1, 0.15) is 0 Å².